The number of likely N-dealkylation sites (tertiary alicyclic amines) is 1. The van der Waals surface area contributed by atoms with E-state index >= 15 is 0 Å². The number of piperidine rings is 1. The van der Waals surface area contributed by atoms with Crippen molar-refractivity contribution in [1.29, 1.82) is 0 Å². The summed E-state index contributed by atoms with van der Waals surface area (Å²) < 4.78 is 0. The van der Waals surface area contributed by atoms with Crippen LogP contribution in [0.15, 0.2) is 24.4 Å². The Labute approximate surface area is 111 Å². The summed E-state index contributed by atoms with van der Waals surface area (Å²) >= 11 is 0. The number of nitrogens with one attached hydrogen (secondary N) is 1. The maximum Gasteiger partial charge on any atom is 0.253 e. The molecule has 0 spiro atoms. The second kappa shape index (κ2) is 4.35. The van der Waals surface area contributed by atoms with Crippen LogP contribution in [0.3, 0.4) is 0 Å². The molecule has 0 radical (unpaired) electrons. The van der Waals surface area contributed by atoms with Crippen LogP contribution >= 0.6 is 0 Å². The van der Waals surface area contributed by atoms with Gasteiger partial charge in [-0.15, -0.1) is 0 Å². The number of hydrogen-bond donors (Lipinski definition) is 2. The molecule has 2 heterocycles. The monoisotopic (exact) mass is 259 g/mol. The number of carbonyl (C=O) groups excluding carboxylic acids is 1. The molecule has 1 fully saturated rings. The molecule has 0 aliphatic carbocycles. The van der Waals surface area contributed by atoms with Crippen LogP contribution in [0.5, 0.6) is 0 Å². The van der Waals surface area contributed by atoms with Gasteiger partial charge in [-0.3, -0.25) is 9.89 Å². The van der Waals surface area contributed by atoms with Gasteiger partial charge in [-0.2, -0.15) is 5.10 Å². The van der Waals surface area contributed by atoms with E-state index in [-0.39, 0.29) is 5.91 Å². The van der Waals surface area contributed by atoms with E-state index in [0.29, 0.717) is 31.5 Å². The molecule has 19 heavy (non-hydrogen) atoms. The summed E-state index contributed by atoms with van der Waals surface area (Å²) in [6, 6.07) is 5.54. The van der Waals surface area contributed by atoms with Crippen LogP contribution < -0.4 is 0 Å². The lowest BCUT2D eigenvalue weighted by atomic mass is 9.93. The van der Waals surface area contributed by atoms with E-state index < -0.39 is 5.60 Å². The minimum atomic E-state index is -0.634. The topological polar surface area (TPSA) is 69.2 Å². The van der Waals surface area contributed by atoms with E-state index in [9.17, 15) is 9.90 Å². The van der Waals surface area contributed by atoms with Gasteiger partial charge in [-0.05, 0) is 38.0 Å². The number of amides is 1. The van der Waals surface area contributed by atoms with Crippen molar-refractivity contribution in [3.63, 3.8) is 0 Å². The van der Waals surface area contributed by atoms with Crippen molar-refractivity contribution >= 4 is 16.8 Å². The van der Waals surface area contributed by atoms with Gasteiger partial charge in [0.05, 0.1) is 17.3 Å². The van der Waals surface area contributed by atoms with Crippen LogP contribution in [0, 0.1) is 0 Å². The molecular formula is C14H17N3O2. The van der Waals surface area contributed by atoms with Crippen molar-refractivity contribution in [2.45, 2.75) is 25.4 Å². The third-order valence-electron chi connectivity index (χ3n) is 3.81. The molecule has 1 aliphatic rings. The Morgan fingerprint density at radius 1 is 1.42 bits per heavy atom. The number of hydrogen-bond acceptors (Lipinski definition) is 3. The summed E-state index contributed by atoms with van der Waals surface area (Å²) in [5, 5.41) is 17.7. The zero-order valence-electron chi connectivity index (χ0n) is 10.9. The number of rotatable bonds is 1. The van der Waals surface area contributed by atoms with Crippen molar-refractivity contribution in [2.75, 3.05) is 13.1 Å². The number of aliphatic hydroxyl groups is 1. The molecule has 1 aromatic heterocycles. The van der Waals surface area contributed by atoms with Gasteiger partial charge in [0.25, 0.3) is 5.91 Å². The first-order valence-electron chi connectivity index (χ1n) is 6.50. The maximum atomic E-state index is 12.4. The molecule has 2 aromatic rings. The van der Waals surface area contributed by atoms with E-state index in [2.05, 4.69) is 10.2 Å². The van der Waals surface area contributed by atoms with Crippen molar-refractivity contribution in [3.8, 4) is 0 Å². The Morgan fingerprint density at radius 2 is 2.16 bits per heavy atom. The van der Waals surface area contributed by atoms with Gasteiger partial charge >= 0.3 is 0 Å². The second-order valence-electron chi connectivity index (χ2n) is 5.46. The van der Waals surface area contributed by atoms with Gasteiger partial charge in [0.2, 0.25) is 0 Å². The number of benzene rings is 1. The van der Waals surface area contributed by atoms with Crippen LogP contribution in [0.4, 0.5) is 0 Å². The van der Waals surface area contributed by atoms with Crippen molar-refractivity contribution in [3.05, 3.63) is 30.0 Å². The highest BCUT2D eigenvalue weighted by Crippen LogP contribution is 2.23. The van der Waals surface area contributed by atoms with Gasteiger partial charge < -0.3 is 10.0 Å². The van der Waals surface area contributed by atoms with E-state index in [0.717, 1.165) is 10.9 Å². The van der Waals surface area contributed by atoms with Crippen LogP contribution in [0.2, 0.25) is 0 Å². The first-order chi connectivity index (χ1) is 9.05. The van der Waals surface area contributed by atoms with Gasteiger partial charge in [-0.1, -0.05) is 0 Å². The molecule has 0 atom stereocenters. The molecule has 0 unspecified atom stereocenters. The number of carbonyl (C=O) groups is 1. The van der Waals surface area contributed by atoms with Crippen LogP contribution in [-0.4, -0.2) is 44.8 Å². The Balaban J connectivity index is 1.80. The first kappa shape index (κ1) is 12.2. The smallest absolute Gasteiger partial charge is 0.253 e. The SMILES string of the molecule is CC1(O)CCN(C(=O)c2ccc3[nH]ncc3c2)CC1. The molecule has 5 heteroatoms. The molecule has 0 bridgehead atoms. The summed E-state index contributed by atoms with van der Waals surface area (Å²) in [7, 11) is 0. The lowest BCUT2D eigenvalue weighted by molar-refractivity contribution is -0.00201. The average molecular weight is 259 g/mol. The van der Waals surface area contributed by atoms with Gasteiger partial charge in [0, 0.05) is 24.0 Å². The summed E-state index contributed by atoms with van der Waals surface area (Å²) in [6.07, 6.45) is 2.98. The van der Waals surface area contributed by atoms with Crippen molar-refractivity contribution < 1.29 is 9.90 Å². The number of aromatic nitrogens is 2. The number of fused-ring (bicyclic) bond motifs is 1. The fourth-order valence-electron chi connectivity index (χ4n) is 2.45. The quantitative estimate of drug-likeness (QED) is 0.816. The highest BCUT2D eigenvalue weighted by molar-refractivity contribution is 5.97. The van der Waals surface area contributed by atoms with Gasteiger partial charge in [0.1, 0.15) is 0 Å². The fraction of sp³-hybridized carbons (Fsp3) is 0.429. The number of H-pyrrole nitrogens is 1. The molecule has 1 amide bonds. The van der Waals surface area contributed by atoms with Gasteiger partial charge in [-0.25, -0.2) is 0 Å². The molecular weight excluding hydrogens is 242 g/mol. The van der Waals surface area contributed by atoms with Gasteiger partial charge in [0.15, 0.2) is 0 Å². The lowest BCUT2D eigenvalue weighted by Gasteiger charge is -2.35. The molecule has 5 nitrogen and oxygen atoms in total. The predicted molar refractivity (Wildman–Crippen MR) is 71.9 cm³/mol. The summed E-state index contributed by atoms with van der Waals surface area (Å²) in [4.78, 5) is 14.2. The molecule has 1 aromatic carbocycles. The average Bonchev–Trinajstić information content (AvgIpc) is 2.85. The van der Waals surface area contributed by atoms with E-state index in [1.54, 1.807) is 11.1 Å². The fourth-order valence-corrected chi connectivity index (χ4v) is 2.45. The standard InChI is InChI=1S/C14H17N3O2/c1-14(19)4-6-17(7-5-14)13(18)10-2-3-12-11(8-10)9-15-16-12/h2-3,8-9,19H,4-7H2,1H3,(H,15,16). The third-order valence-corrected chi connectivity index (χ3v) is 3.81. The summed E-state index contributed by atoms with van der Waals surface area (Å²) in [6.45, 7) is 3.04. The highest BCUT2D eigenvalue weighted by Gasteiger charge is 2.29. The zero-order valence-corrected chi connectivity index (χ0v) is 10.9. The van der Waals surface area contributed by atoms with Crippen molar-refractivity contribution in [2.24, 2.45) is 0 Å². The molecule has 0 saturated carbocycles. The predicted octanol–water partition coefficient (Wildman–Crippen LogP) is 1.55. The summed E-state index contributed by atoms with van der Waals surface area (Å²) in [5.41, 5.74) is 0.972. The Kier molecular flexibility index (Phi) is 2.78. The first-order valence-corrected chi connectivity index (χ1v) is 6.50. The zero-order chi connectivity index (χ0) is 13.5. The number of nitrogens with zero attached hydrogens (tertiary/aromatic N) is 2. The lowest BCUT2D eigenvalue weighted by Crippen LogP contribution is -2.45. The largest absolute Gasteiger partial charge is 0.390 e. The normalized spacial score (nSPS) is 18.7. The second-order valence-corrected chi connectivity index (χ2v) is 5.46. The van der Waals surface area contributed by atoms with Crippen LogP contribution in [0.25, 0.3) is 10.9 Å². The molecule has 100 valence electrons. The minimum Gasteiger partial charge on any atom is -0.390 e. The van der Waals surface area contributed by atoms with Crippen LogP contribution in [0.1, 0.15) is 30.1 Å². The molecule has 3 rings (SSSR count). The number of aromatic amines is 1. The van der Waals surface area contributed by atoms with E-state index in [1.807, 2.05) is 25.1 Å². The van der Waals surface area contributed by atoms with Crippen LogP contribution in [-0.2, 0) is 0 Å². The van der Waals surface area contributed by atoms with Crippen molar-refractivity contribution in [1.82, 2.24) is 15.1 Å². The summed E-state index contributed by atoms with van der Waals surface area (Å²) in [5.74, 6) is 0.0265. The minimum absolute atomic E-state index is 0.0265. The Bertz CT molecular complexity index is 608. The highest BCUT2D eigenvalue weighted by atomic mass is 16.3. The third kappa shape index (κ3) is 2.33. The molecule has 1 aliphatic heterocycles. The Hall–Kier alpha value is -1.88. The Morgan fingerprint density at radius 3 is 2.89 bits per heavy atom. The molecule has 1 saturated heterocycles. The molecule has 2 N–H and O–H groups in total. The maximum absolute atomic E-state index is 12.4. The van der Waals surface area contributed by atoms with E-state index in [1.165, 1.54) is 0 Å². The van der Waals surface area contributed by atoms with E-state index in [4.69, 9.17) is 0 Å².